The summed E-state index contributed by atoms with van der Waals surface area (Å²) in [5.74, 6) is -0.937. The molecule has 24 heavy (non-hydrogen) atoms. The van der Waals surface area contributed by atoms with Crippen molar-refractivity contribution in [1.29, 1.82) is 0 Å². The topological polar surface area (TPSA) is 63.1 Å². The molecule has 4 heteroatoms. The highest BCUT2D eigenvalue weighted by molar-refractivity contribution is 6.04. The van der Waals surface area contributed by atoms with Crippen LogP contribution < -0.4 is 0 Å². The van der Waals surface area contributed by atoms with Crippen molar-refractivity contribution in [3.63, 3.8) is 0 Å². The van der Waals surface area contributed by atoms with Crippen LogP contribution in [0.1, 0.15) is 16.1 Å². The summed E-state index contributed by atoms with van der Waals surface area (Å²) in [6.07, 6.45) is 1.79. The van der Waals surface area contributed by atoms with Crippen LogP contribution in [-0.2, 0) is 0 Å². The van der Waals surface area contributed by atoms with E-state index in [1.807, 2.05) is 48.5 Å². The Kier molecular flexibility index (Phi) is 3.24. The summed E-state index contributed by atoms with van der Waals surface area (Å²) in [7, 11) is 0. The van der Waals surface area contributed by atoms with E-state index in [1.165, 1.54) is 0 Å². The van der Waals surface area contributed by atoms with Crippen LogP contribution in [0, 0.1) is 6.92 Å². The fourth-order valence-electron chi connectivity index (χ4n) is 3.05. The molecule has 2 heterocycles. The molecule has 4 nitrogen and oxygen atoms in total. The smallest absolute Gasteiger partial charge is 0.336 e. The number of carbonyl (C=O) groups is 1. The molecule has 2 aromatic heterocycles. The number of hydrogen-bond acceptors (Lipinski definition) is 3. The Bertz CT molecular complexity index is 1100. The van der Waals surface area contributed by atoms with E-state index in [9.17, 15) is 9.90 Å². The van der Waals surface area contributed by atoms with Gasteiger partial charge in [-0.2, -0.15) is 0 Å². The third-order valence-corrected chi connectivity index (χ3v) is 4.13. The zero-order valence-electron chi connectivity index (χ0n) is 13.0. The number of aromatic nitrogens is 2. The Morgan fingerprint density at radius 1 is 0.958 bits per heavy atom. The Hall–Kier alpha value is -3.27. The number of fused-ring (bicyclic) bond motifs is 2. The van der Waals surface area contributed by atoms with Gasteiger partial charge in [0.2, 0.25) is 0 Å². The van der Waals surface area contributed by atoms with Gasteiger partial charge >= 0.3 is 5.97 Å². The quantitative estimate of drug-likeness (QED) is 0.593. The maximum Gasteiger partial charge on any atom is 0.336 e. The standard InChI is InChI=1S/C20H14N2O2/c1-12-10-17(20(23)24)16-7-6-13(11-19(16)22-12)14-8-9-21-18-5-3-2-4-15(14)18/h2-11H,1H3,(H,23,24). The monoisotopic (exact) mass is 314 g/mol. The van der Waals surface area contributed by atoms with E-state index in [2.05, 4.69) is 9.97 Å². The summed E-state index contributed by atoms with van der Waals surface area (Å²) in [5, 5.41) is 11.1. The highest BCUT2D eigenvalue weighted by atomic mass is 16.4. The first-order chi connectivity index (χ1) is 11.6. The lowest BCUT2D eigenvalue weighted by atomic mass is 9.98. The van der Waals surface area contributed by atoms with Crippen LogP contribution in [-0.4, -0.2) is 21.0 Å². The van der Waals surface area contributed by atoms with Gasteiger partial charge in [0, 0.05) is 22.7 Å². The number of pyridine rings is 2. The molecule has 4 rings (SSSR count). The predicted molar refractivity (Wildman–Crippen MR) is 94.2 cm³/mol. The molecule has 4 aromatic rings. The second-order valence-corrected chi connectivity index (χ2v) is 5.72. The van der Waals surface area contributed by atoms with Crippen molar-refractivity contribution in [2.24, 2.45) is 0 Å². The van der Waals surface area contributed by atoms with Crippen molar-refractivity contribution >= 4 is 27.8 Å². The molecule has 0 amide bonds. The Balaban J connectivity index is 2.00. The average molecular weight is 314 g/mol. The Morgan fingerprint density at radius 2 is 1.79 bits per heavy atom. The van der Waals surface area contributed by atoms with Crippen LogP contribution in [0.2, 0.25) is 0 Å². The van der Waals surface area contributed by atoms with Gasteiger partial charge < -0.3 is 5.11 Å². The predicted octanol–water partition coefficient (Wildman–Crippen LogP) is 4.46. The molecule has 0 bridgehead atoms. The van der Waals surface area contributed by atoms with Crippen molar-refractivity contribution in [1.82, 2.24) is 9.97 Å². The maximum absolute atomic E-state index is 11.5. The molecule has 0 aliphatic carbocycles. The van der Waals surface area contributed by atoms with Gasteiger partial charge in [-0.25, -0.2) is 4.79 Å². The van der Waals surface area contributed by atoms with E-state index in [0.29, 0.717) is 16.6 Å². The number of nitrogens with zero attached hydrogens (tertiary/aromatic N) is 2. The maximum atomic E-state index is 11.5. The molecule has 2 aromatic carbocycles. The number of aryl methyl sites for hydroxylation is 1. The molecule has 0 atom stereocenters. The van der Waals surface area contributed by atoms with E-state index in [0.717, 1.165) is 22.0 Å². The highest BCUT2D eigenvalue weighted by Gasteiger charge is 2.12. The lowest BCUT2D eigenvalue weighted by Gasteiger charge is -2.09. The summed E-state index contributed by atoms with van der Waals surface area (Å²) in [6.45, 7) is 1.81. The van der Waals surface area contributed by atoms with Gasteiger partial charge in [-0.1, -0.05) is 30.3 Å². The van der Waals surface area contributed by atoms with Crippen molar-refractivity contribution in [2.45, 2.75) is 6.92 Å². The van der Waals surface area contributed by atoms with Gasteiger partial charge in [-0.15, -0.1) is 0 Å². The number of benzene rings is 2. The highest BCUT2D eigenvalue weighted by Crippen LogP contribution is 2.30. The Labute approximate surface area is 138 Å². The van der Waals surface area contributed by atoms with Crippen LogP contribution in [0.25, 0.3) is 32.9 Å². The fraction of sp³-hybridized carbons (Fsp3) is 0.0500. The molecule has 0 aliphatic rings. The van der Waals surface area contributed by atoms with Gasteiger partial charge in [-0.05, 0) is 42.3 Å². The molecule has 0 aliphatic heterocycles. The van der Waals surface area contributed by atoms with Crippen LogP contribution in [0.4, 0.5) is 0 Å². The number of aromatic carboxylic acids is 1. The number of hydrogen-bond donors (Lipinski definition) is 1. The van der Waals surface area contributed by atoms with Crippen LogP contribution in [0.15, 0.2) is 60.8 Å². The van der Waals surface area contributed by atoms with Crippen molar-refractivity contribution in [2.75, 3.05) is 0 Å². The first-order valence-electron chi connectivity index (χ1n) is 7.62. The van der Waals surface area contributed by atoms with E-state index < -0.39 is 5.97 Å². The molecule has 0 spiro atoms. The third-order valence-electron chi connectivity index (χ3n) is 4.13. The Morgan fingerprint density at radius 3 is 2.62 bits per heavy atom. The van der Waals surface area contributed by atoms with E-state index in [1.54, 1.807) is 19.2 Å². The molecule has 0 saturated carbocycles. The lowest BCUT2D eigenvalue weighted by Crippen LogP contribution is -2.00. The van der Waals surface area contributed by atoms with Crippen LogP contribution in [0.3, 0.4) is 0 Å². The molecular formula is C20H14N2O2. The molecule has 116 valence electrons. The molecule has 1 N–H and O–H groups in total. The van der Waals surface area contributed by atoms with Gasteiger partial charge in [0.05, 0.1) is 16.6 Å². The fourth-order valence-corrected chi connectivity index (χ4v) is 3.05. The normalized spacial score (nSPS) is 11.0. The summed E-state index contributed by atoms with van der Waals surface area (Å²) in [4.78, 5) is 20.4. The van der Waals surface area contributed by atoms with E-state index >= 15 is 0 Å². The number of carboxylic acid groups (broad SMARTS) is 1. The van der Waals surface area contributed by atoms with Gasteiger partial charge in [-0.3, -0.25) is 9.97 Å². The first kappa shape index (κ1) is 14.3. The number of rotatable bonds is 2. The van der Waals surface area contributed by atoms with Crippen LogP contribution >= 0.6 is 0 Å². The zero-order chi connectivity index (χ0) is 16.7. The van der Waals surface area contributed by atoms with Crippen molar-refractivity contribution in [3.05, 3.63) is 72.1 Å². The van der Waals surface area contributed by atoms with Gasteiger partial charge in [0.25, 0.3) is 0 Å². The first-order valence-corrected chi connectivity index (χ1v) is 7.62. The molecule has 0 saturated heterocycles. The van der Waals surface area contributed by atoms with E-state index in [4.69, 9.17) is 0 Å². The molecular weight excluding hydrogens is 300 g/mol. The zero-order valence-corrected chi connectivity index (χ0v) is 13.0. The van der Waals surface area contributed by atoms with Gasteiger partial charge in [0.15, 0.2) is 0 Å². The lowest BCUT2D eigenvalue weighted by molar-refractivity contribution is 0.0699. The molecule has 0 fully saturated rings. The minimum Gasteiger partial charge on any atom is -0.478 e. The summed E-state index contributed by atoms with van der Waals surface area (Å²) >= 11 is 0. The number of para-hydroxylation sites is 1. The summed E-state index contributed by atoms with van der Waals surface area (Å²) in [5.41, 5.74) is 4.64. The van der Waals surface area contributed by atoms with Crippen molar-refractivity contribution < 1.29 is 9.90 Å². The van der Waals surface area contributed by atoms with Gasteiger partial charge in [0.1, 0.15) is 0 Å². The SMILES string of the molecule is Cc1cc(C(=O)O)c2ccc(-c3ccnc4ccccc34)cc2n1. The summed E-state index contributed by atoms with van der Waals surface area (Å²) < 4.78 is 0. The molecule has 0 radical (unpaired) electrons. The molecule has 0 unspecified atom stereocenters. The van der Waals surface area contributed by atoms with Crippen LogP contribution in [0.5, 0.6) is 0 Å². The second kappa shape index (κ2) is 5.42. The third kappa shape index (κ3) is 2.29. The minimum atomic E-state index is -0.937. The van der Waals surface area contributed by atoms with Crippen molar-refractivity contribution in [3.8, 4) is 11.1 Å². The average Bonchev–Trinajstić information content (AvgIpc) is 2.59. The minimum absolute atomic E-state index is 0.281. The van der Waals surface area contributed by atoms with E-state index in [-0.39, 0.29) is 5.56 Å². The number of carboxylic acids is 1. The largest absolute Gasteiger partial charge is 0.478 e. The summed E-state index contributed by atoms with van der Waals surface area (Å²) in [6, 6.07) is 17.2. The second-order valence-electron chi connectivity index (χ2n) is 5.72.